The lowest BCUT2D eigenvalue weighted by atomic mass is 10.3. The molecule has 0 atom stereocenters. The molecule has 0 radical (unpaired) electrons. The number of hydrogen-bond donors (Lipinski definition) is 1. The topological polar surface area (TPSA) is 53.6 Å². The third kappa shape index (κ3) is 3.61. The molecule has 0 fully saturated rings. The largest absolute Gasteiger partial charge is 0.369 e. The van der Waals surface area contributed by atoms with Gasteiger partial charge in [-0.15, -0.1) is 11.6 Å². The summed E-state index contributed by atoms with van der Waals surface area (Å²) in [5, 5.41) is 17.5. The van der Waals surface area contributed by atoms with Gasteiger partial charge in [-0.1, -0.05) is 34.8 Å². The van der Waals surface area contributed by atoms with Crippen molar-refractivity contribution in [1.82, 2.24) is 9.78 Å². The summed E-state index contributed by atoms with van der Waals surface area (Å²) < 4.78 is 1.55. The van der Waals surface area contributed by atoms with E-state index in [1.54, 1.807) is 16.8 Å². The lowest BCUT2D eigenvalue weighted by Gasteiger charge is -2.12. The minimum Gasteiger partial charge on any atom is -0.369 e. The van der Waals surface area contributed by atoms with Crippen LogP contribution in [0.5, 0.6) is 0 Å². The Hall–Kier alpha value is -1.12. The van der Waals surface area contributed by atoms with Gasteiger partial charge in [0.15, 0.2) is 0 Å². The van der Waals surface area contributed by atoms with Crippen LogP contribution >= 0.6 is 46.4 Å². The van der Waals surface area contributed by atoms with Crippen LogP contribution in [-0.4, -0.2) is 22.2 Å². The smallest absolute Gasteiger partial charge is 0.147 e. The molecule has 0 bridgehead atoms. The van der Waals surface area contributed by atoms with Gasteiger partial charge in [0.2, 0.25) is 0 Å². The highest BCUT2D eigenvalue weighted by atomic mass is 35.5. The van der Waals surface area contributed by atoms with Crippen LogP contribution in [0.4, 0.5) is 5.82 Å². The van der Waals surface area contributed by atoms with E-state index >= 15 is 0 Å². The van der Waals surface area contributed by atoms with Crippen LogP contribution in [0.3, 0.4) is 0 Å². The van der Waals surface area contributed by atoms with E-state index < -0.39 is 0 Å². The quantitative estimate of drug-likeness (QED) is 0.431. The van der Waals surface area contributed by atoms with E-state index in [1.807, 2.05) is 0 Å². The van der Waals surface area contributed by atoms with E-state index in [-0.39, 0.29) is 10.0 Å². The number of benzene rings is 1. The number of hydrogen-bond acceptors (Lipinski definition) is 3. The predicted octanol–water partition coefficient (Wildman–Crippen LogP) is 5.14. The molecule has 1 aromatic heterocycles. The second-order valence-electron chi connectivity index (χ2n) is 4.45. The number of alkyl halides is 1. The third-order valence-corrected chi connectivity index (χ3v) is 4.54. The lowest BCUT2D eigenvalue weighted by Crippen LogP contribution is -2.09. The van der Waals surface area contributed by atoms with Crippen molar-refractivity contribution in [3.63, 3.8) is 0 Å². The molecule has 0 unspecified atom stereocenters. The van der Waals surface area contributed by atoms with Crippen molar-refractivity contribution in [2.75, 3.05) is 17.7 Å². The fourth-order valence-electron chi connectivity index (χ4n) is 1.89. The first-order valence-electron chi connectivity index (χ1n) is 6.52. The molecule has 2 rings (SSSR count). The third-order valence-electron chi connectivity index (χ3n) is 2.99. The van der Waals surface area contributed by atoms with E-state index in [1.165, 1.54) is 6.20 Å². The maximum absolute atomic E-state index is 9.20. The van der Waals surface area contributed by atoms with Crippen molar-refractivity contribution < 1.29 is 0 Å². The molecular weight excluding hydrogens is 366 g/mol. The molecule has 1 aromatic carbocycles. The van der Waals surface area contributed by atoms with Gasteiger partial charge in [0, 0.05) is 12.4 Å². The van der Waals surface area contributed by atoms with Crippen molar-refractivity contribution >= 4 is 52.2 Å². The zero-order valence-corrected chi connectivity index (χ0v) is 14.4. The zero-order valence-electron chi connectivity index (χ0n) is 11.4. The van der Waals surface area contributed by atoms with Crippen LogP contribution in [-0.2, 0) is 0 Å². The van der Waals surface area contributed by atoms with Gasteiger partial charge >= 0.3 is 0 Å². The average Bonchev–Trinajstić information content (AvgIpc) is 2.92. The number of rotatable bonds is 6. The van der Waals surface area contributed by atoms with E-state index in [9.17, 15) is 5.26 Å². The fourth-order valence-corrected chi connectivity index (χ4v) is 2.69. The first-order valence-corrected chi connectivity index (χ1v) is 8.18. The highest BCUT2D eigenvalue weighted by Crippen LogP contribution is 2.35. The first-order chi connectivity index (χ1) is 10.6. The Labute approximate surface area is 148 Å². The summed E-state index contributed by atoms with van der Waals surface area (Å²) in [7, 11) is 0. The Kier molecular flexibility index (Phi) is 6.22. The monoisotopic (exact) mass is 376 g/mol. The molecular formula is C14H12Cl4N4. The summed E-state index contributed by atoms with van der Waals surface area (Å²) in [4.78, 5) is 0. The van der Waals surface area contributed by atoms with Crippen molar-refractivity contribution in [3.8, 4) is 11.8 Å². The van der Waals surface area contributed by atoms with Crippen molar-refractivity contribution in [2.24, 2.45) is 0 Å². The van der Waals surface area contributed by atoms with Crippen LogP contribution in [0.15, 0.2) is 18.3 Å². The Balaban J connectivity index is 2.38. The molecule has 8 heteroatoms. The number of halogens is 4. The summed E-state index contributed by atoms with van der Waals surface area (Å²) >= 11 is 23.9. The molecule has 1 N–H and O–H groups in total. The highest BCUT2D eigenvalue weighted by Gasteiger charge is 2.16. The Morgan fingerprint density at radius 1 is 1.18 bits per heavy atom. The van der Waals surface area contributed by atoms with Crippen LogP contribution in [0.25, 0.3) is 5.69 Å². The summed E-state index contributed by atoms with van der Waals surface area (Å²) in [6.07, 6.45) is 3.25. The molecule has 0 aliphatic rings. The summed E-state index contributed by atoms with van der Waals surface area (Å²) in [6, 6.07) is 5.44. The standard InChI is InChI=1S/C14H12Cl4N4/c15-5-1-2-6-20-14-9(7-19)8-21-22(14)11-4-3-10(16)12(17)13(11)18/h3-4,8,20H,1-2,5-6H2. The number of unbranched alkanes of at least 4 members (excludes halogenated alkanes) is 1. The minimum absolute atomic E-state index is 0.253. The van der Waals surface area contributed by atoms with Crippen molar-refractivity contribution in [2.45, 2.75) is 12.8 Å². The number of nitrogens with zero attached hydrogens (tertiary/aromatic N) is 3. The maximum Gasteiger partial charge on any atom is 0.147 e. The van der Waals surface area contributed by atoms with Gasteiger partial charge in [-0.25, -0.2) is 4.68 Å². The Morgan fingerprint density at radius 3 is 2.64 bits per heavy atom. The Morgan fingerprint density at radius 2 is 1.95 bits per heavy atom. The normalized spacial score (nSPS) is 10.5. The summed E-state index contributed by atoms with van der Waals surface area (Å²) in [6.45, 7) is 0.673. The van der Waals surface area contributed by atoms with Gasteiger partial charge in [-0.3, -0.25) is 0 Å². The number of nitrogens with one attached hydrogen (secondary N) is 1. The minimum atomic E-state index is 0.253. The summed E-state index contributed by atoms with van der Waals surface area (Å²) in [5.41, 5.74) is 0.977. The van der Waals surface area contributed by atoms with E-state index in [0.29, 0.717) is 34.5 Å². The molecule has 1 heterocycles. The molecule has 0 saturated heterocycles. The zero-order chi connectivity index (χ0) is 16.1. The number of aromatic nitrogens is 2. The van der Waals surface area contributed by atoms with Gasteiger partial charge in [-0.2, -0.15) is 10.4 Å². The molecule has 2 aromatic rings. The summed E-state index contributed by atoms with van der Waals surface area (Å²) in [5.74, 6) is 1.17. The van der Waals surface area contributed by atoms with Crippen molar-refractivity contribution in [1.29, 1.82) is 5.26 Å². The average molecular weight is 378 g/mol. The molecule has 4 nitrogen and oxygen atoms in total. The second-order valence-corrected chi connectivity index (χ2v) is 5.99. The van der Waals surface area contributed by atoms with Gasteiger partial charge in [0.25, 0.3) is 0 Å². The van der Waals surface area contributed by atoms with Crippen LogP contribution in [0.2, 0.25) is 15.1 Å². The van der Waals surface area contributed by atoms with E-state index in [4.69, 9.17) is 46.4 Å². The highest BCUT2D eigenvalue weighted by molar-refractivity contribution is 6.48. The lowest BCUT2D eigenvalue weighted by molar-refractivity contribution is 0.817. The van der Waals surface area contributed by atoms with Gasteiger partial charge in [0.05, 0.1) is 27.0 Å². The molecule has 22 heavy (non-hydrogen) atoms. The van der Waals surface area contributed by atoms with Crippen LogP contribution in [0.1, 0.15) is 18.4 Å². The van der Waals surface area contributed by atoms with Gasteiger partial charge in [-0.05, 0) is 25.0 Å². The molecule has 0 amide bonds. The molecule has 116 valence electrons. The molecule has 0 spiro atoms. The number of nitriles is 1. The SMILES string of the molecule is N#Cc1cnn(-c2ccc(Cl)c(Cl)c2Cl)c1NCCCCCl. The predicted molar refractivity (Wildman–Crippen MR) is 91.8 cm³/mol. The Bertz CT molecular complexity index is 706. The molecule has 0 aliphatic carbocycles. The van der Waals surface area contributed by atoms with E-state index in [0.717, 1.165) is 12.8 Å². The van der Waals surface area contributed by atoms with Crippen molar-refractivity contribution in [3.05, 3.63) is 39.0 Å². The van der Waals surface area contributed by atoms with Crippen LogP contribution in [0, 0.1) is 11.3 Å². The van der Waals surface area contributed by atoms with Gasteiger partial charge in [0.1, 0.15) is 17.5 Å². The van der Waals surface area contributed by atoms with Crippen LogP contribution < -0.4 is 5.32 Å². The maximum atomic E-state index is 9.20. The van der Waals surface area contributed by atoms with Gasteiger partial charge < -0.3 is 5.32 Å². The molecule has 0 saturated carbocycles. The second kappa shape index (κ2) is 7.94. The number of anilines is 1. The fraction of sp³-hybridized carbons (Fsp3) is 0.286. The molecule has 0 aliphatic heterocycles. The first kappa shape index (κ1) is 17.2. The van der Waals surface area contributed by atoms with E-state index in [2.05, 4.69) is 16.5 Å².